The van der Waals surface area contributed by atoms with Crippen molar-refractivity contribution in [3.05, 3.63) is 48.0 Å². The van der Waals surface area contributed by atoms with Crippen LogP contribution in [0.4, 0.5) is 5.69 Å². The molecule has 8 nitrogen and oxygen atoms in total. The van der Waals surface area contributed by atoms with Crippen molar-refractivity contribution in [3.8, 4) is 17.2 Å². The number of methoxy groups -OCH3 is 1. The minimum atomic E-state index is -3.65. The molecule has 1 N–H and O–H groups in total. The summed E-state index contributed by atoms with van der Waals surface area (Å²) in [6, 6.07) is 12.5. The zero-order valence-electron chi connectivity index (χ0n) is 16.4. The number of anilines is 1. The average molecular weight is 420 g/mol. The topological polar surface area (TPSA) is 94.2 Å². The third kappa shape index (κ3) is 5.32. The van der Waals surface area contributed by atoms with Gasteiger partial charge in [0.25, 0.3) is 0 Å². The second kappa shape index (κ2) is 9.04. The average Bonchev–Trinajstić information content (AvgIpc) is 3.16. The quantitative estimate of drug-likeness (QED) is 0.623. The number of sulfonamides is 1. The molecule has 1 heterocycles. The van der Waals surface area contributed by atoms with E-state index in [2.05, 4.69) is 5.32 Å². The van der Waals surface area contributed by atoms with Crippen LogP contribution in [0.1, 0.15) is 12.0 Å². The van der Waals surface area contributed by atoms with Crippen molar-refractivity contribution in [2.45, 2.75) is 12.8 Å². The van der Waals surface area contributed by atoms with E-state index in [0.717, 1.165) is 28.3 Å². The van der Waals surface area contributed by atoms with E-state index in [-0.39, 0.29) is 19.2 Å². The highest BCUT2D eigenvalue weighted by atomic mass is 32.2. The van der Waals surface area contributed by atoms with Crippen molar-refractivity contribution in [1.82, 2.24) is 5.32 Å². The molecule has 1 aliphatic rings. The second-order valence-electron chi connectivity index (χ2n) is 6.57. The molecule has 0 aromatic heterocycles. The lowest BCUT2D eigenvalue weighted by Crippen LogP contribution is -2.40. The SMILES string of the molecule is COc1ccccc1CCCNC(=O)CN(c1ccc2c(c1)OCO2)S(C)(=O)=O. The number of amides is 1. The van der Waals surface area contributed by atoms with Gasteiger partial charge in [-0.25, -0.2) is 8.42 Å². The number of nitrogens with zero attached hydrogens (tertiary/aromatic N) is 1. The van der Waals surface area contributed by atoms with Crippen LogP contribution >= 0.6 is 0 Å². The van der Waals surface area contributed by atoms with Gasteiger partial charge in [0.1, 0.15) is 12.3 Å². The highest BCUT2D eigenvalue weighted by Crippen LogP contribution is 2.36. The van der Waals surface area contributed by atoms with Crippen molar-refractivity contribution in [3.63, 3.8) is 0 Å². The van der Waals surface area contributed by atoms with Gasteiger partial charge in [-0.1, -0.05) is 18.2 Å². The molecule has 1 aliphatic heterocycles. The van der Waals surface area contributed by atoms with Gasteiger partial charge in [-0.05, 0) is 36.6 Å². The maximum Gasteiger partial charge on any atom is 0.240 e. The van der Waals surface area contributed by atoms with Crippen molar-refractivity contribution < 1.29 is 27.4 Å². The predicted octanol–water partition coefficient (Wildman–Crippen LogP) is 1.94. The molecule has 1 amide bonds. The van der Waals surface area contributed by atoms with Crippen LogP contribution < -0.4 is 23.8 Å². The van der Waals surface area contributed by atoms with E-state index in [1.165, 1.54) is 0 Å². The molecule has 0 fully saturated rings. The molecule has 29 heavy (non-hydrogen) atoms. The maximum absolute atomic E-state index is 12.3. The molecule has 0 bridgehead atoms. The van der Waals surface area contributed by atoms with Crippen LogP contribution in [0.2, 0.25) is 0 Å². The molecule has 0 saturated carbocycles. The number of hydrogen-bond acceptors (Lipinski definition) is 6. The molecule has 2 aromatic carbocycles. The Labute approximate surface area is 170 Å². The monoisotopic (exact) mass is 420 g/mol. The maximum atomic E-state index is 12.3. The minimum Gasteiger partial charge on any atom is -0.496 e. The van der Waals surface area contributed by atoms with E-state index in [0.29, 0.717) is 30.2 Å². The van der Waals surface area contributed by atoms with Gasteiger partial charge in [0.2, 0.25) is 22.7 Å². The molecule has 0 unspecified atom stereocenters. The van der Waals surface area contributed by atoms with Gasteiger partial charge in [0.05, 0.1) is 19.1 Å². The molecular formula is C20H24N2O6S. The lowest BCUT2D eigenvalue weighted by atomic mass is 10.1. The summed E-state index contributed by atoms with van der Waals surface area (Å²) >= 11 is 0. The zero-order valence-corrected chi connectivity index (χ0v) is 17.2. The second-order valence-corrected chi connectivity index (χ2v) is 8.48. The van der Waals surface area contributed by atoms with E-state index >= 15 is 0 Å². The fraction of sp³-hybridized carbons (Fsp3) is 0.350. The Hall–Kier alpha value is -2.94. The first-order valence-electron chi connectivity index (χ1n) is 9.14. The molecule has 3 rings (SSSR count). The van der Waals surface area contributed by atoms with Crippen molar-refractivity contribution in [2.24, 2.45) is 0 Å². The van der Waals surface area contributed by atoms with Crippen LogP contribution in [0.3, 0.4) is 0 Å². The van der Waals surface area contributed by atoms with Gasteiger partial charge in [-0.2, -0.15) is 0 Å². The van der Waals surface area contributed by atoms with Crippen LogP contribution in [0.25, 0.3) is 0 Å². The smallest absolute Gasteiger partial charge is 0.240 e. The summed E-state index contributed by atoms with van der Waals surface area (Å²) in [5, 5.41) is 2.77. The Morgan fingerprint density at radius 2 is 1.93 bits per heavy atom. The van der Waals surface area contributed by atoms with Gasteiger partial charge in [-0.3, -0.25) is 9.10 Å². The standard InChI is InChI=1S/C20H24N2O6S/c1-26-17-8-4-3-6-15(17)7-5-11-21-20(23)13-22(29(2,24)25)16-9-10-18-19(12-16)28-14-27-18/h3-4,6,8-10,12H,5,7,11,13-14H2,1-2H3,(H,21,23). The predicted molar refractivity (Wildman–Crippen MR) is 109 cm³/mol. The highest BCUT2D eigenvalue weighted by molar-refractivity contribution is 7.92. The normalized spacial score (nSPS) is 12.5. The minimum absolute atomic E-state index is 0.0876. The van der Waals surface area contributed by atoms with E-state index < -0.39 is 10.0 Å². The highest BCUT2D eigenvalue weighted by Gasteiger charge is 2.23. The number of hydrogen-bond donors (Lipinski definition) is 1. The Balaban J connectivity index is 1.57. The molecule has 0 aliphatic carbocycles. The Kier molecular flexibility index (Phi) is 6.48. The van der Waals surface area contributed by atoms with Crippen LogP contribution in [0.15, 0.2) is 42.5 Å². The first-order valence-corrected chi connectivity index (χ1v) is 11.0. The van der Waals surface area contributed by atoms with Crippen LogP contribution in [0.5, 0.6) is 17.2 Å². The van der Waals surface area contributed by atoms with Gasteiger partial charge < -0.3 is 19.5 Å². The summed E-state index contributed by atoms with van der Waals surface area (Å²) in [7, 11) is -2.03. The van der Waals surface area contributed by atoms with Crippen LogP contribution in [0, 0.1) is 0 Å². The first-order chi connectivity index (χ1) is 13.9. The number of para-hydroxylation sites is 1. The summed E-state index contributed by atoms with van der Waals surface area (Å²) < 4.78 is 41.3. The third-order valence-electron chi connectivity index (χ3n) is 4.47. The lowest BCUT2D eigenvalue weighted by Gasteiger charge is -2.22. The summed E-state index contributed by atoms with van der Waals surface area (Å²) in [5.74, 6) is 1.43. The molecule has 156 valence electrons. The molecule has 0 radical (unpaired) electrons. The van der Waals surface area contributed by atoms with Crippen LogP contribution in [-0.2, 0) is 21.2 Å². The van der Waals surface area contributed by atoms with Crippen molar-refractivity contribution >= 4 is 21.6 Å². The molecule has 0 saturated heterocycles. The zero-order chi connectivity index (χ0) is 20.9. The Morgan fingerprint density at radius 3 is 2.69 bits per heavy atom. The number of nitrogens with one attached hydrogen (secondary N) is 1. The number of aryl methyl sites for hydroxylation is 1. The first kappa shape index (κ1) is 20.8. The van der Waals surface area contributed by atoms with E-state index in [1.807, 2.05) is 24.3 Å². The van der Waals surface area contributed by atoms with Crippen molar-refractivity contribution in [2.75, 3.05) is 37.6 Å². The number of fused-ring (bicyclic) bond motifs is 1. The molecule has 9 heteroatoms. The van der Waals surface area contributed by atoms with Gasteiger partial charge >= 0.3 is 0 Å². The fourth-order valence-electron chi connectivity index (χ4n) is 3.04. The third-order valence-corrected chi connectivity index (χ3v) is 5.61. The van der Waals surface area contributed by atoms with Crippen LogP contribution in [-0.4, -0.2) is 47.6 Å². The lowest BCUT2D eigenvalue weighted by molar-refractivity contribution is -0.119. The number of rotatable bonds is 9. The summed E-state index contributed by atoms with van der Waals surface area (Å²) in [4.78, 5) is 12.3. The van der Waals surface area contributed by atoms with Gasteiger partial charge in [0.15, 0.2) is 11.5 Å². The van der Waals surface area contributed by atoms with E-state index in [9.17, 15) is 13.2 Å². The summed E-state index contributed by atoms with van der Waals surface area (Å²) in [6.07, 6.45) is 2.50. The number of benzene rings is 2. The number of carbonyl (C=O) groups excluding carboxylic acids is 1. The Morgan fingerprint density at radius 1 is 1.17 bits per heavy atom. The van der Waals surface area contributed by atoms with Crippen molar-refractivity contribution in [1.29, 1.82) is 0 Å². The molecular weight excluding hydrogens is 396 g/mol. The molecule has 0 spiro atoms. The van der Waals surface area contributed by atoms with Gasteiger partial charge in [-0.15, -0.1) is 0 Å². The summed E-state index contributed by atoms with van der Waals surface area (Å²) in [5.41, 5.74) is 1.41. The van der Waals surface area contributed by atoms with Gasteiger partial charge in [0, 0.05) is 12.6 Å². The fourth-order valence-corrected chi connectivity index (χ4v) is 3.89. The van der Waals surface area contributed by atoms with E-state index in [1.54, 1.807) is 25.3 Å². The number of ether oxygens (including phenoxy) is 3. The molecule has 0 atom stereocenters. The summed E-state index contributed by atoms with van der Waals surface area (Å²) in [6.45, 7) is 0.201. The molecule has 2 aromatic rings. The van der Waals surface area contributed by atoms with E-state index in [4.69, 9.17) is 14.2 Å². The largest absolute Gasteiger partial charge is 0.496 e. The Bertz CT molecular complexity index is 977. The number of carbonyl (C=O) groups is 1.